The van der Waals surface area contributed by atoms with E-state index < -0.39 is 0 Å². The van der Waals surface area contributed by atoms with Gasteiger partial charge >= 0.3 is 0 Å². The molecule has 21 heavy (non-hydrogen) atoms. The highest BCUT2D eigenvalue weighted by molar-refractivity contribution is 9.10. The minimum Gasteiger partial charge on any atom is -0.325 e. The molecule has 0 saturated heterocycles. The van der Waals surface area contributed by atoms with Crippen LogP contribution in [0.25, 0.3) is 11.3 Å². The first kappa shape index (κ1) is 15.4. The molecule has 1 heterocycles. The van der Waals surface area contributed by atoms with Crippen molar-refractivity contribution in [2.75, 3.05) is 5.32 Å². The topological polar surface area (TPSA) is 74.8 Å². The molecule has 0 bridgehead atoms. The number of alkyl halides is 1. The van der Waals surface area contributed by atoms with Gasteiger partial charge in [0.05, 0.1) is 10.5 Å². The number of nitrogens with one attached hydrogen (secondary N) is 2. The minimum absolute atomic E-state index is 0.0661. The summed E-state index contributed by atoms with van der Waals surface area (Å²) < 4.78 is 0. The van der Waals surface area contributed by atoms with Crippen LogP contribution in [-0.2, 0) is 4.79 Å². The fraction of sp³-hybridized carbons (Fsp3) is 0.267. The number of rotatable bonds is 4. The number of carbonyl (C=O) groups excluding carboxylic acids is 1. The standard InChI is InChI=1S/C15H16BrN3O2/c1-3-12(16)15(21)17-11-6-4-10(5-7-11)14-9(2)8-13(20)18-19-14/h4-8,12H,3H2,1-2H3,(H,17,21)(H,18,20). The molecule has 5 nitrogen and oxygen atoms in total. The third-order valence-corrected chi connectivity index (χ3v) is 4.13. The second-order valence-corrected chi connectivity index (χ2v) is 5.81. The maximum atomic E-state index is 11.8. The predicted octanol–water partition coefficient (Wildman–Crippen LogP) is 2.86. The lowest BCUT2D eigenvalue weighted by atomic mass is 10.1. The molecule has 2 aromatic rings. The monoisotopic (exact) mass is 349 g/mol. The van der Waals surface area contributed by atoms with E-state index in [1.54, 1.807) is 0 Å². The van der Waals surface area contributed by atoms with Gasteiger partial charge in [0, 0.05) is 17.3 Å². The van der Waals surface area contributed by atoms with Crippen LogP contribution in [0, 0.1) is 6.92 Å². The molecule has 1 unspecified atom stereocenters. The quantitative estimate of drug-likeness (QED) is 0.833. The molecule has 0 aliphatic rings. The Balaban J connectivity index is 2.19. The molecule has 1 atom stereocenters. The van der Waals surface area contributed by atoms with Gasteiger partial charge in [-0.05, 0) is 31.0 Å². The summed E-state index contributed by atoms with van der Waals surface area (Å²) in [6.07, 6.45) is 0.727. The zero-order valence-corrected chi connectivity index (χ0v) is 13.4. The SMILES string of the molecule is CCC(Br)C(=O)Nc1ccc(-c2n[nH]c(=O)cc2C)cc1. The van der Waals surface area contributed by atoms with Crippen molar-refractivity contribution in [2.24, 2.45) is 0 Å². The molecule has 0 radical (unpaired) electrons. The van der Waals surface area contributed by atoms with E-state index in [9.17, 15) is 9.59 Å². The van der Waals surface area contributed by atoms with Gasteiger partial charge in [-0.25, -0.2) is 5.10 Å². The van der Waals surface area contributed by atoms with Crippen molar-refractivity contribution >= 4 is 27.5 Å². The summed E-state index contributed by atoms with van der Waals surface area (Å²) in [4.78, 5) is 22.8. The summed E-state index contributed by atoms with van der Waals surface area (Å²) in [6, 6.07) is 8.86. The van der Waals surface area contributed by atoms with E-state index in [0.29, 0.717) is 0 Å². The molecule has 0 aliphatic heterocycles. The zero-order chi connectivity index (χ0) is 15.4. The Morgan fingerprint density at radius 2 is 2.05 bits per heavy atom. The van der Waals surface area contributed by atoms with Gasteiger partial charge in [-0.3, -0.25) is 9.59 Å². The Morgan fingerprint density at radius 1 is 1.38 bits per heavy atom. The molecule has 6 heteroatoms. The number of aromatic amines is 1. The van der Waals surface area contributed by atoms with Crippen LogP contribution >= 0.6 is 15.9 Å². The van der Waals surface area contributed by atoms with Crippen LogP contribution in [-0.4, -0.2) is 20.9 Å². The molecule has 0 spiro atoms. The van der Waals surface area contributed by atoms with E-state index in [1.807, 2.05) is 38.1 Å². The number of nitrogens with zero attached hydrogens (tertiary/aromatic N) is 1. The van der Waals surface area contributed by atoms with Crippen LogP contribution in [0.3, 0.4) is 0 Å². The number of hydrogen-bond donors (Lipinski definition) is 2. The van der Waals surface area contributed by atoms with E-state index >= 15 is 0 Å². The lowest BCUT2D eigenvalue weighted by Crippen LogP contribution is -2.21. The molecular weight excluding hydrogens is 334 g/mol. The van der Waals surface area contributed by atoms with Crippen molar-refractivity contribution in [1.82, 2.24) is 10.2 Å². The maximum Gasteiger partial charge on any atom is 0.264 e. The summed E-state index contributed by atoms with van der Waals surface area (Å²) in [5, 5.41) is 9.31. The van der Waals surface area contributed by atoms with Crippen LogP contribution in [0.15, 0.2) is 35.1 Å². The fourth-order valence-electron chi connectivity index (χ4n) is 1.91. The van der Waals surface area contributed by atoms with Gasteiger partial charge in [0.2, 0.25) is 5.91 Å². The first-order valence-electron chi connectivity index (χ1n) is 6.63. The zero-order valence-electron chi connectivity index (χ0n) is 11.8. The largest absolute Gasteiger partial charge is 0.325 e. The van der Waals surface area contributed by atoms with Crippen molar-refractivity contribution in [2.45, 2.75) is 25.1 Å². The van der Waals surface area contributed by atoms with Gasteiger partial charge in [0.15, 0.2) is 0 Å². The Hall–Kier alpha value is -1.95. The minimum atomic E-state index is -0.219. The lowest BCUT2D eigenvalue weighted by Gasteiger charge is -2.09. The molecule has 110 valence electrons. The van der Waals surface area contributed by atoms with Gasteiger partial charge in [0.1, 0.15) is 0 Å². The second-order valence-electron chi connectivity index (χ2n) is 4.71. The molecule has 2 N–H and O–H groups in total. The Kier molecular flexibility index (Phi) is 4.90. The number of benzene rings is 1. The van der Waals surface area contributed by atoms with Crippen molar-refractivity contribution < 1.29 is 4.79 Å². The number of hydrogen-bond acceptors (Lipinski definition) is 3. The molecule has 2 rings (SSSR count). The van der Waals surface area contributed by atoms with Gasteiger partial charge in [0.25, 0.3) is 5.56 Å². The highest BCUT2D eigenvalue weighted by atomic mass is 79.9. The number of H-pyrrole nitrogens is 1. The Labute approximate surface area is 130 Å². The first-order valence-corrected chi connectivity index (χ1v) is 7.54. The Bertz CT molecular complexity index is 695. The number of aryl methyl sites for hydroxylation is 1. The van der Waals surface area contributed by atoms with Crippen molar-refractivity contribution in [3.05, 3.63) is 46.2 Å². The van der Waals surface area contributed by atoms with Crippen molar-refractivity contribution in [3.8, 4) is 11.3 Å². The normalized spacial score (nSPS) is 12.0. The molecule has 0 fully saturated rings. The number of anilines is 1. The Morgan fingerprint density at radius 3 is 2.62 bits per heavy atom. The summed E-state index contributed by atoms with van der Waals surface area (Å²) in [7, 11) is 0. The summed E-state index contributed by atoms with van der Waals surface area (Å²) in [5.74, 6) is -0.0661. The average molecular weight is 350 g/mol. The molecular formula is C15H16BrN3O2. The van der Waals surface area contributed by atoms with E-state index in [0.717, 1.165) is 28.9 Å². The number of aromatic nitrogens is 2. The number of amides is 1. The van der Waals surface area contributed by atoms with E-state index in [-0.39, 0.29) is 16.3 Å². The van der Waals surface area contributed by atoms with Crippen LogP contribution in [0.4, 0.5) is 5.69 Å². The van der Waals surface area contributed by atoms with Crippen LogP contribution in [0.5, 0.6) is 0 Å². The molecule has 1 aromatic heterocycles. The van der Waals surface area contributed by atoms with Crippen LogP contribution < -0.4 is 10.9 Å². The van der Waals surface area contributed by atoms with E-state index in [2.05, 4.69) is 31.4 Å². The van der Waals surface area contributed by atoms with Crippen molar-refractivity contribution in [1.29, 1.82) is 0 Å². The maximum absolute atomic E-state index is 11.8. The number of halogens is 1. The van der Waals surface area contributed by atoms with E-state index in [1.165, 1.54) is 6.07 Å². The molecule has 1 amide bonds. The smallest absolute Gasteiger partial charge is 0.264 e. The fourth-order valence-corrected chi connectivity index (χ4v) is 2.02. The van der Waals surface area contributed by atoms with Crippen LogP contribution in [0.2, 0.25) is 0 Å². The van der Waals surface area contributed by atoms with Gasteiger partial charge in [-0.1, -0.05) is 35.0 Å². The summed E-state index contributed by atoms with van der Waals surface area (Å²) >= 11 is 3.31. The highest BCUT2D eigenvalue weighted by Crippen LogP contribution is 2.21. The van der Waals surface area contributed by atoms with Gasteiger partial charge in [-0.2, -0.15) is 5.10 Å². The molecule has 0 aliphatic carbocycles. The second kappa shape index (κ2) is 6.67. The summed E-state index contributed by atoms with van der Waals surface area (Å²) in [6.45, 7) is 3.77. The van der Waals surface area contributed by atoms with Gasteiger partial charge in [-0.15, -0.1) is 0 Å². The van der Waals surface area contributed by atoms with Gasteiger partial charge < -0.3 is 5.32 Å². The lowest BCUT2D eigenvalue weighted by molar-refractivity contribution is -0.115. The highest BCUT2D eigenvalue weighted by Gasteiger charge is 2.12. The van der Waals surface area contributed by atoms with Crippen molar-refractivity contribution in [3.63, 3.8) is 0 Å². The summed E-state index contributed by atoms with van der Waals surface area (Å²) in [5.41, 5.74) is 2.92. The first-order chi connectivity index (χ1) is 10.0. The van der Waals surface area contributed by atoms with E-state index in [4.69, 9.17) is 0 Å². The molecule has 1 aromatic carbocycles. The average Bonchev–Trinajstić information content (AvgIpc) is 2.47. The third kappa shape index (κ3) is 3.78. The third-order valence-electron chi connectivity index (χ3n) is 3.07. The number of carbonyl (C=O) groups is 1. The molecule has 0 saturated carbocycles. The predicted molar refractivity (Wildman–Crippen MR) is 86.7 cm³/mol. The van der Waals surface area contributed by atoms with Crippen LogP contribution in [0.1, 0.15) is 18.9 Å².